The van der Waals surface area contributed by atoms with Crippen LogP contribution in [0.4, 0.5) is 0 Å². The van der Waals surface area contributed by atoms with E-state index in [1.807, 2.05) is 4.90 Å². The van der Waals surface area contributed by atoms with E-state index in [-0.39, 0.29) is 19.8 Å². The Bertz CT molecular complexity index is 826. The van der Waals surface area contributed by atoms with E-state index in [0.29, 0.717) is 24.1 Å². The normalized spacial score (nSPS) is 21.9. The van der Waals surface area contributed by atoms with Gasteiger partial charge in [0.05, 0.1) is 6.42 Å². The zero-order chi connectivity index (χ0) is 19.6. The van der Waals surface area contributed by atoms with Crippen molar-refractivity contribution in [2.75, 3.05) is 19.6 Å². The number of hydrogen-bond donors (Lipinski definition) is 1. The summed E-state index contributed by atoms with van der Waals surface area (Å²) in [7, 11) is 1.42. The summed E-state index contributed by atoms with van der Waals surface area (Å²) in [5.41, 5.74) is 0.709. The number of aromatic amines is 1. The lowest BCUT2D eigenvalue weighted by Crippen LogP contribution is -2.54. The second kappa shape index (κ2) is 9.26. The van der Waals surface area contributed by atoms with Crippen LogP contribution in [-0.4, -0.2) is 50.9 Å². The maximum absolute atomic E-state index is 12.8. The van der Waals surface area contributed by atoms with Crippen LogP contribution in [0, 0.1) is 5.92 Å². The quantitative estimate of drug-likeness (QED) is 0.833. The van der Waals surface area contributed by atoms with Crippen molar-refractivity contribution in [1.29, 1.82) is 0 Å². The monoisotopic (exact) mass is 390 g/mol. The number of piperidine rings is 2. The third kappa shape index (κ3) is 4.39. The van der Waals surface area contributed by atoms with Gasteiger partial charge in [0.25, 0.3) is 5.56 Å². The summed E-state index contributed by atoms with van der Waals surface area (Å²) in [6, 6.07) is 0.475. The highest BCUT2D eigenvalue weighted by Gasteiger charge is 2.38. The molecule has 156 valence electrons. The van der Waals surface area contributed by atoms with Gasteiger partial charge in [-0.3, -0.25) is 14.2 Å². The maximum Gasteiger partial charge on any atom is 0.328 e. The SMILES string of the molecule is C.C=C1CC[C@@H]2CN(C(=O)Cc3c[nH]c(=O)n(C)c3=O)CC[C@@H]2N1CCCC. The number of aromatic nitrogens is 2. The highest BCUT2D eigenvalue weighted by atomic mass is 16.2. The van der Waals surface area contributed by atoms with Gasteiger partial charge in [-0.15, -0.1) is 0 Å². The van der Waals surface area contributed by atoms with Gasteiger partial charge in [0.1, 0.15) is 0 Å². The van der Waals surface area contributed by atoms with Crippen LogP contribution in [0.3, 0.4) is 0 Å². The highest BCUT2D eigenvalue weighted by molar-refractivity contribution is 5.78. The third-order valence-electron chi connectivity index (χ3n) is 6.00. The standard InChI is InChI=1S/C20H30N4O3.CH4/c1-4-5-9-24-14(2)6-7-15-13-23(10-8-17(15)24)18(25)11-16-12-21-20(27)22(3)19(16)26;/h12,15,17H,2,4-11,13H2,1,3H3,(H,21,27);1H4/t15-,17+;/m1./s1. The van der Waals surface area contributed by atoms with Gasteiger partial charge in [-0.1, -0.05) is 27.4 Å². The van der Waals surface area contributed by atoms with Gasteiger partial charge < -0.3 is 14.8 Å². The molecule has 2 saturated heterocycles. The summed E-state index contributed by atoms with van der Waals surface area (Å²) in [6.07, 6.45) is 6.74. The Morgan fingerprint density at radius 1 is 1.32 bits per heavy atom. The van der Waals surface area contributed by atoms with E-state index in [4.69, 9.17) is 0 Å². The molecule has 2 aliphatic rings. The number of carbonyl (C=O) groups excluding carboxylic acids is 1. The zero-order valence-corrected chi connectivity index (χ0v) is 16.4. The Balaban J connectivity index is 0.00000280. The molecule has 1 aromatic rings. The Hall–Kier alpha value is -2.31. The Kier molecular flexibility index (Phi) is 7.27. The van der Waals surface area contributed by atoms with Crippen molar-refractivity contribution in [3.63, 3.8) is 0 Å². The molecule has 2 atom stereocenters. The fourth-order valence-electron chi connectivity index (χ4n) is 4.34. The first-order valence-corrected chi connectivity index (χ1v) is 9.92. The number of fused-ring (bicyclic) bond motifs is 1. The fraction of sp³-hybridized carbons (Fsp3) is 0.667. The molecule has 0 aromatic carbocycles. The molecule has 0 radical (unpaired) electrons. The fourth-order valence-corrected chi connectivity index (χ4v) is 4.34. The number of likely N-dealkylation sites (tertiary alicyclic amines) is 2. The lowest BCUT2D eigenvalue weighted by Gasteiger charge is -2.49. The molecule has 1 amide bonds. The molecule has 0 spiro atoms. The van der Waals surface area contributed by atoms with Crippen molar-refractivity contribution in [3.8, 4) is 0 Å². The van der Waals surface area contributed by atoms with Crippen molar-refractivity contribution in [3.05, 3.63) is 44.9 Å². The number of nitrogens with one attached hydrogen (secondary N) is 1. The molecule has 28 heavy (non-hydrogen) atoms. The van der Waals surface area contributed by atoms with E-state index >= 15 is 0 Å². The second-order valence-corrected chi connectivity index (χ2v) is 7.77. The van der Waals surface area contributed by atoms with Crippen LogP contribution in [0.1, 0.15) is 52.0 Å². The minimum atomic E-state index is -0.466. The van der Waals surface area contributed by atoms with Crippen LogP contribution in [0.5, 0.6) is 0 Å². The minimum Gasteiger partial charge on any atom is -0.372 e. The number of rotatable bonds is 5. The van der Waals surface area contributed by atoms with Crippen LogP contribution in [0.15, 0.2) is 28.1 Å². The lowest BCUT2D eigenvalue weighted by molar-refractivity contribution is -0.133. The van der Waals surface area contributed by atoms with Crippen LogP contribution in [0.25, 0.3) is 0 Å². The van der Waals surface area contributed by atoms with Crippen LogP contribution < -0.4 is 11.2 Å². The summed E-state index contributed by atoms with van der Waals surface area (Å²) in [6.45, 7) is 8.96. The summed E-state index contributed by atoms with van der Waals surface area (Å²) in [5, 5.41) is 0. The average molecular weight is 391 g/mol. The van der Waals surface area contributed by atoms with E-state index in [0.717, 1.165) is 36.9 Å². The average Bonchev–Trinajstić information content (AvgIpc) is 2.67. The molecule has 2 aliphatic heterocycles. The van der Waals surface area contributed by atoms with Crippen molar-refractivity contribution < 1.29 is 4.79 Å². The van der Waals surface area contributed by atoms with Crippen molar-refractivity contribution in [2.45, 2.75) is 58.9 Å². The number of carbonyl (C=O) groups is 1. The number of unbranched alkanes of at least 4 members (excludes halogenated alkanes) is 1. The lowest BCUT2D eigenvalue weighted by atomic mass is 9.82. The first-order chi connectivity index (χ1) is 12.9. The number of nitrogens with zero attached hydrogens (tertiary/aromatic N) is 3. The summed E-state index contributed by atoms with van der Waals surface area (Å²) < 4.78 is 1.01. The van der Waals surface area contributed by atoms with E-state index in [1.54, 1.807) is 0 Å². The topological polar surface area (TPSA) is 78.4 Å². The molecule has 0 unspecified atom stereocenters. The van der Waals surface area contributed by atoms with Crippen molar-refractivity contribution in [1.82, 2.24) is 19.4 Å². The molecule has 3 rings (SSSR count). The van der Waals surface area contributed by atoms with Crippen LogP contribution in [0.2, 0.25) is 0 Å². The number of H-pyrrole nitrogens is 1. The summed E-state index contributed by atoms with van der Waals surface area (Å²) >= 11 is 0. The van der Waals surface area contributed by atoms with Crippen molar-refractivity contribution >= 4 is 5.91 Å². The van der Waals surface area contributed by atoms with Crippen molar-refractivity contribution in [2.24, 2.45) is 13.0 Å². The van der Waals surface area contributed by atoms with Gasteiger partial charge in [0, 0.05) is 50.2 Å². The predicted octanol–water partition coefficient (Wildman–Crippen LogP) is 1.88. The molecule has 7 nitrogen and oxygen atoms in total. The summed E-state index contributed by atoms with van der Waals surface area (Å²) in [4.78, 5) is 43.3. The third-order valence-corrected chi connectivity index (χ3v) is 6.00. The molecular formula is C21H34N4O3. The van der Waals surface area contributed by atoms with Gasteiger partial charge >= 0.3 is 5.69 Å². The van der Waals surface area contributed by atoms with E-state index < -0.39 is 11.2 Å². The molecule has 1 aromatic heterocycles. The van der Waals surface area contributed by atoms with Gasteiger partial charge in [-0.05, 0) is 31.6 Å². The zero-order valence-electron chi connectivity index (χ0n) is 16.4. The van der Waals surface area contributed by atoms with E-state index in [1.165, 1.54) is 31.8 Å². The first-order valence-electron chi connectivity index (χ1n) is 9.92. The predicted molar refractivity (Wildman–Crippen MR) is 111 cm³/mol. The van der Waals surface area contributed by atoms with Gasteiger partial charge in [-0.25, -0.2) is 4.79 Å². The Morgan fingerprint density at radius 3 is 2.79 bits per heavy atom. The largest absolute Gasteiger partial charge is 0.372 e. The molecule has 3 heterocycles. The molecule has 0 saturated carbocycles. The first kappa shape index (κ1) is 22.0. The Labute approximate surface area is 167 Å². The molecule has 0 aliphatic carbocycles. The molecule has 0 bridgehead atoms. The number of allylic oxidation sites excluding steroid dienone is 1. The second-order valence-electron chi connectivity index (χ2n) is 7.77. The molecule has 1 N–H and O–H groups in total. The van der Waals surface area contributed by atoms with E-state index in [9.17, 15) is 14.4 Å². The number of amides is 1. The maximum atomic E-state index is 12.8. The summed E-state index contributed by atoms with van der Waals surface area (Å²) in [5.74, 6) is 0.422. The van der Waals surface area contributed by atoms with Crippen LogP contribution >= 0.6 is 0 Å². The van der Waals surface area contributed by atoms with Gasteiger partial charge in [0.15, 0.2) is 0 Å². The smallest absolute Gasteiger partial charge is 0.328 e. The number of hydrogen-bond acceptors (Lipinski definition) is 4. The van der Waals surface area contributed by atoms with Gasteiger partial charge in [-0.2, -0.15) is 0 Å². The van der Waals surface area contributed by atoms with Crippen LogP contribution in [-0.2, 0) is 18.3 Å². The highest BCUT2D eigenvalue weighted by Crippen LogP contribution is 2.35. The Morgan fingerprint density at radius 2 is 2.07 bits per heavy atom. The molecular weight excluding hydrogens is 356 g/mol. The minimum absolute atomic E-state index is 0. The van der Waals surface area contributed by atoms with E-state index in [2.05, 4.69) is 23.4 Å². The molecule has 2 fully saturated rings. The molecule has 7 heteroatoms. The van der Waals surface area contributed by atoms with Gasteiger partial charge in [0.2, 0.25) is 5.91 Å².